The van der Waals surface area contributed by atoms with Crippen molar-refractivity contribution in [1.82, 2.24) is 4.98 Å². The second-order valence-corrected chi connectivity index (χ2v) is 4.29. The lowest BCUT2D eigenvalue weighted by molar-refractivity contribution is 0.0690. The first kappa shape index (κ1) is 13.2. The lowest BCUT2D eigenvalue weighted by atomic mass is 10.2. The van der Waals surface area contributed by atoms with Crippen molar-refractivity contribution in [3.63, 3.8) is 0 Å². The van der Waals surface area contributed by atoms with Gasteiger partial charge in [-0.1, -0.05) is 6.07 Å². The third-order valence-electron chi connectivity index (χ3n) is 2.86. The highest BCUT2D eigenvalue weighted by Crippen LogP contribution is 2.32. The van der Waals surface area contributed by atoms with Gasteiger partial charge in [-0.3, -0.25) is 0 Å². The molecule has 0 fully saturated rings. The Hall–Kier alpha value is -2.83. The normalized spacial score (nSPS) is 12.2. The van der Waals surface area contributed by atoms with E-state index in [9.17, 15) is 9.18 Å². The summed E-state index contributed by atoms with van der Waals surface area (Å²) in [6, 6.07) is 6.09. The molecule has 0 amide bonds. The first-order valence-corrected chi connectivity index (χ1v) is 6.03. The molecule has 108 valence electrons. The second-order valence-electron chi connectivity index (χ2n) is 4.29. The minimum absolute atomic E-state index is 0.0789. The molecule has 1 aliphatic heterocycles. The number of carbonyl (C=O) groups is 1. The number of pyridine rings is 1. The van der Waals surface area contributed by atoms with E-state index in [1.807, 2.05) is 0 Å². The van der Waals surface area contributed by atoms with E-state index in [-0.39, 0.29) is 24.8 Å². The van der Waals surface area contributed by atoms with Crippen LogP contribution in [-0.4, -0.2) is 22.9 Å². The number of ether oxygens (including phenoxy) is 3. The Morgan fingerprint density at radius 2 is 2.14 bits per heavy atom. The number of hydrogen-bond acceptors (Lipinski definition) is 5. The molecule has 0 aliphatic carbocycles. The zero-order valence-corrected chi connectivity index (χ0v) is 10.7. The average Bonchev–Trinajstić information content (AvgIpc) is 2.93. The Bertz CT molecular complexity index is 704. The van der Waals surface area contributed by atoms with Gasteiger partial charge in [-0.25, -0.2) is 14.2 Å². The van der Waals surface area contributed by atoms with Crippen molar-refractivity contribution in [2.75, 3.05) is 6.79 Å². The maximum atomic E-state index is 13.0. The Morgan fingerprint density at radius 1 is 1.33 bits per heavy atom. The minimum atomic E-state index is -1.30. The average molecular weight is 291 g/mol. The van der Waals surface area contributed by atoms with Gasteiger partial charge in [0.25, 0.3) is 0 Å². The summed E-state index contributed by atoms with van der Waals surface area (Å²) >= 11 is 0. The summed E-state index contributed by atoms with van der Waals surface area (Å²) in [7, 11) is 0. The van der Waals surface area contributed by atoms with Crippen LogP contribution in [0.5, 0.6) is 17.4 Å². The van der Waals surface area contributed by atoms with Crippen LogP contribution in [0.4, 0.5) is 4.39 Å². The number of halogens is 1. The summed E-state index contributed by atoms with van der Waals surface area (Å²) < 4.78 is 28.8. The molecule has 2 aromatic rings. The molecule has 0 bridgehead atoms. The highest BCUT2D eigenvalue weighted by molar-refractivity contribution is 5.90. The van der Waals surface area contributed by atoms with Crippen molar-refractivity contribution in [3.05, 3.63) is 47.4 Å². The fourth-order valence-electron chi connectivity index (χ4n) is 1.88. The molecule has 2 heterocycles. The third-order valence-corrected chi connectivity index (χ3v) is 2.86. The molecule has 6 nitrogen and oxygen atoms in total. The molecule has 1 aliphatic rings. The van der Waals surface area contributed by atoms with E-state index >= 15 is 0 Å². The van der Waals surface area contributed by atoms with E-state index in [4.69, 9.17) is 19.3 Å². The minimum Gasteiger partial charge on any atom is -0.477 e. The molecule has 0 radical (unpaired) electrons. The fourth-order valence-corrected chi connectivity index (χ4v) is 1.88. The number of rotatable bonds is 4. The Labute approximate surface area is 118 Å². The molecular weight excluding hydrogens is 281 g/mol. The number of carboxylic acids is 1. The number of aromatic nitrogens is 1. The van der Waals surface area contributed by atoms with Gasteiger partial charge in [0.2, 0.25) is 12.7 Å². The van der Waals surface area contributed by atoms with Gasteiger partial charge in [0, 0.05) is 0 Å². The van der Waals surface area contributed by atoms with Crippen LogP contribution >= 0.6 is 0 Å². The van der Waals surface area contributed by atoms with Crippen LogP contribution in [0.25, 0.3) is 0 Å². The van der Waals surface area contributed by atoms with E-state index in [0.29, 0.717) is 11.5 Å². The number of aromatic carboxylic acids is 1. The van der Waals surface area contributed by atoms with E-state index in [1.54, 1.807) is 18.2 Å². The highest BCUT2D eigenvalue weighted by Gasteiger charge is 2.16. The van der Waals surface area contributed by atoms with Crippen molar-refractivity contribution in [2.45, 2.75) is 6.61 Å². The Morgan fingerprint density at radius 3 is 2.95 bits per heavy atom. The molecule has 0 unspecified atom stereocenters. The van der Waals surface area contributed by atoms with Crippen LogP contribution in [0.1, 0.15) is 15.9 Å². The summed E-state index contributed by atoms with van der Waals surface area (Å²) in [6.45, 7) is 0.248. The molecule has 1 aromatic heterocycles. The number of carboxylic acid groups (broad SMARTS) is 1. The van der Waals surface area contributed by atoms with Crippen molar-refractivity contribution in [2.24, 2.45) is 0 Å². The van der Waals surface area contributed by atoms with Gasteiger partial charge in [0.05, 0.1) is 6.20 Å². The maximum Gasteiger partial charge on any atom is 0.341 e. The Balaban J connectivity index is 1.77. The predicted molar refractivity (Wildman–Crippen MR) is 68.1 cm³/mol. The summed E-state index contributed by atoms with van der Waals surface area (Å²) in [4.78, 5) is 14.7. The molecule has 7 heteroatoms. The second kappa shape index (κ2) is 5.28. The first-order valence-electron chi connectivity index (χ1n) is 6.03. The van der Waals surface area contributed by atoms with Crippen LogP contribution < -0.4 is 14.2 Å². The molecule has 0 saturated carbocycles. The quantitative estimate of drug-likeness (QED) is 0.930. The molecule has 21 heavy (non-hydrogen) atoms. The number of benzene rings is 1. The van der Waals surface area contributed by atoms with Gasteiger partial charge in [-0.2, -0.15) is 0 Å². The van der Waals surface area contributed by atoms with Gasteiger partial charge >= 0.3 is 5.97 Å². The van der Waals surface area contributed by atoms with Crippen molar-refractivity contribution >= 4 is 5.97 Å². The topological polar surface area (TPSA) is 77.9 Å². The Kier molecular flexibility index (Phi) is 3.31. The first-order chi connectivity index (χ1) is 10.1. The largest absolute Gasteiger partial charge is 0.477 e. The monoisotopic (exact) mass is 291 g/mol. The molecule has 1 N–H and O–H groups in total. The molecule has 1 aromatic carbocycles. The summed E-state index contributed by atoms with van der Waals surface area (Å²) in [6.07, 6.45) is 0.904. The SMILES string of the molecule is O=C(O)c1cc(F)cnc1OCc1ccc2c(c1)OCO2. The van der Waals surface area contributed by atoms with Gasteiger partial charge in [-0.15, -0.1) is 0 Å². The van der Waals surface area contributed by atoms with Crippen molar-refractivity contribution < 1.29 is 28.5 Å². The number of hydrogen-bond donors (Lipinski definition) is 1. The lowest BCUT2D eigenvalue weighted by Crippen LogP contribution is -2.06. The standard InChI is InChI=1S/C14H10FNO5/c15-9-4-10(14(17)18)13(16-5-9)19-6-8-1-2-11-12(3-8)21-7-20-11/h1-5H,6-7H2,(H,17,18). The molecule has 0 spiro atoms. The zero-order chi connectivity index (χ0) is 14.8. The summed E-state index contributed by atoms with van der Waals surface area (Å²) in [5.74, 6) is -0.932. The van der Waals surface area contributed by atoms with E-state index in [1.165, 1.54) is 0 Å². The molecule has 0 saturated heterocycles. The van der Waals surface area contributed by atoms with Crippen molar-refractivity contribution in [1.29, 1.82) is 0 Å². The van der Waals surface area contributed by atoms with Crippen LogP contribution in [0, 0.1) is 5.82 Å². The van der Waals surface area contributed by atoms with Gasteiger partial charge in [-0.05, 0) is 23.8 Å². The molecule has 0 atom stereocenters. The fraction of sp³-hybridized carbons (Fsp3) is 0.143. The number of nitrogens with zero attached hydrogens (tertiary/aromatic N) is 1. The van der Waals surface area contributed by atoms with E-state index in [0.717, 1.165) is 17.8 Å². The summed E-state index contributed by atoms with van der Waals surface area (Å²) in [5.41, 5.74) is 0.428. The smallest absolute Gasteiger partial charge is 0.341 e. The predicted octanol–water partition coefficient (Wildman–Crippen LogP) is 2.23. The number of fused-ring (bicyclic) bond motifs is 1. The third kappa shape index (κ3) is 2.71. The van der Waals surface area contributed by atoms with Gasteiger partial charge in [0.1, 0.15) is 18.0 Å². The van der Waals surface area contributed by atoms with E-state index < -0.39 is 11.8 Å². The van der Waals surface area contributed by atoms with Crippen LogP contribution in [0.2, 0.25) is 0 Å². The van der Waals surface area contributed by atoms with Gasteiger partial charge in [0.15, 0.2) is 11.5 Å². The molecular formula is C14H10FNO5. The highest BCUT2D eigenvalue weighted by atomic mass is 19.1. The van der Waals surface area contributed by atoms with Crippen LogP contribution in [-0.2, 0) is 6.61 Å². The van der Waals surface area contributed by atoms with Gasteiger partial charge < -0.3 is 19.3 Å². The zero-order valence-electron chi connectivity index (χ0n) is 10.7. The van der Waals surface area contributed by atoms with Crippen LogP contribution in [0.3, 0.4) is 0 Å². The maximum absolute atomic E-state index is 13.0. The van der Waals surface area contributed by atoms with Crippen LogP contribution in [0.15, 0.2) is 30.5 Å². The van der Waals surface area contributed by atoms with Crippen molar-refractivity contribution in [3.8, 4) is 17.4 Å². The summed E-state index contributed by atoms with van der Waals surface area (Å²) in [5, 5.41) is 8.99. The lowest BCUT2D eigenvalue weighted by Gasteiger charge is -2.08. The van der Waals surface area contributed by atoms with E-state index in [2.05, 4.69) is 4.98 Å². The molecule has 3 rings (SSSR count).